The minimum atomic E-state index is -4.36. The van der Waals surface area contributed by atoms with Crippen LogP contribution in [-0.4, -0.2) is 12.1 Å². The van der Waals surface area contributed by atoms with E-state index in [1.165, 1.54) is 29.7 Å². The molecule has 0 aliphatic heterocycles. The second-order valence-corrected chi connectivity index (χ2v) is 4.74. The summed E-state index contributed by atoms with van der Waals surface area (Å²) in [5.74, 6) is -0.358. The van der Waals surface area contributed by atoms with Gasteiger partial charge in [0, 0.05) is 0 Å². The molecular formula is C13H9F3N2OS. The third kappa shape index (κ3) is 3.67. The Balaban J connectivity index is 1.97. The van der Waals surface area contributed by atoms with Crippen LogP contribution in [0, 0.1) is 0 Å². The molecule has 1 N–H and O–H groups in total. The summed E-state index contributed by atoms with van der Waals surface area (Å²) < 4.78 is 37.0. The average Bonchev–Trinajstić information content (AvgIpc) is 2.92. The minimum Gasteiger partial charge on any atom is -0.266 e. The van der Waals surface area contributed by atoms with Crippen LogP contribution in [0.3, 0.4) is 0 Å². The first-order valence-electron chi connectivity index (χ1n) is 5.51. The van der Waals surface area contributed by atoms with Crippen molar-refractivity contribution in [1.82, 2.24) is 5.43 Å². The van der Waals surface area contributed by atoms with Crippen LogP contribution < -0.4 is 5.43 Å². The highest BCUT2D eigenvalue weighted by Crippen LogP contribution is 2.28. The highest BCUT2D eigenvalue weighted by molar-refractivity contribution is 7.12. The molecule has 0 aliphatic carbocycles. The van der Waals surface area contributed by atoms with Crippen LogP contribution >= 0.6 is 11.3 Å². The highest BCUT2D eigenvalue weighted by Gasteiger charge is 2.29. The molecule has 0 bridgehead atoms. The summed E-state index contributed by atoms with van der Waals surface area (Å²) in [6.07, 6.45) is -3.07. The molecule has 0 spiro atoms. The van der Waals surface area contributed by atoms with Crippen molar-refractivity contribution in [2.75, 3.05) is 0 Å². The monoisotopic (exact) mass is 298 g/mol. The maximum Gasteiger partial charge on any atom is 0.416 e. The van der Waals surface area contributed by atoms with Crippen molar-refractivity contribution < 1.29 is 18.0 Å². The van der Waals surface area contributed by atoms with Gasteiger partial charge in [-0.25, -0.2) is 5.43 Å². The normalized spacial score (nSPS) is 11.8. The zero-order chi connectivity index (χ0) is 14.6. The van der Waals surface area contributed by atoms with E-state index < -0.39 is 11.7 Å². The maximum atomic E-state index is 12.3. The topological polar surface area (TPSA) is 41.5 Å². The SMILES string of the molecule is O=C(N/N=C/c1ccc(C(F)(F)F)cc1)c1cccs1. The molecule has 3 nitrogen and oxygen atoms in total. The Bertz CT molecular complexity index is 604. The predicted octanol–water partition coefficient (Wildman–Crippen LogP) is 3.53. The Morgan fingerprint density at radius 2 is 1.90 bits per heavy atom. The van der Waals surface area contributed by atoms with Crippen molar-refractivity contribution in [1.29, 1.82) is 0 Å². The number of nitrogens with one attached hydrogen (secondary N) is 1. The van der Waals surface area contributed by atoms with Gasteiger partial charge in [0.1, 0.15) is 0 Å². The number of halogens is 3. The zero-order valence-electron chi connectivity index (χ0n) is 10.0. The van der Waals surface area contributed by atoms with E-state index in [4.69, 9.17) is 0 Å². The minimum absolute atomic E-state index is 0.358. The molecule has 0 unspecified atom stereocenters. The van der Waals surface area contributed by atoms with Crippen molar-refractivity contribution in [3.05, 3.63) is 57.8 Å². The van der Waals surface area contributed by atoms with Gasteiger partial charge in [0.15, 0.2) is 0 Å². The van der Waals surface area contributed by atoms with E-state index in [2.05, 4.69) is 10.5 Å². The van der Waals surface area contributed by atoms with Gasteiger partial charge in [-0.05, 0) is 29.1 Å². The van der Waals surface area contributed by atoms with Crippen LogP contribution in [0.5, 0.6) is 0 Å². The largest absolute Gasteiger partial charge is 0.416 e. The molecule has 1 aromatic heterocycles. The fraction of sp³-hybridized carbons (Fsp3) is 0.0769. The zero-order valence-corrected chi connectivity index (χ0v) is 10.8. The molecule has 0 atom stereocenters. The summed E-state index contributed by atoms with van der Waals surface area (Å²) in [5.41, 5.74) is 2.03. The van der Waals surface area contributed by atoms with Gasteiger partial charge in [-0.1, -0.05) is 18.2 Å². The van der Waals surface area contributed by atoms with E-state index in [0.717, 1.165) is 12.1 Å². The number of nitrogens with zero attached hydrogens (tertiary/aromatic N) is 1. The first-order valence-corrected chi connectivity index (χ1v) is 6.39. The third-order valence-corrected chi connectivity index (χ3v) is 3.23. The van der Waals surface area contributed by atoms with Gasteiger partial charge < -0.3 is 0 Å². The van der Waals surface area contributed by atoms with E-state index in [9.17, 15) is 18.0 Å². The van der Waals surface area contributed by atoms with Crippen LogP contribution in [0.15, 0.2) is 46.9 Å². The maximum absolute atomic E-state index is 12.3. The summed E-state index contributed by atoms with van der Waals surface area (Å²) in [6, 6.07) is 7.87. The van der Waals surface area contributed by atoms with Crippen molar-refractivity contribution in [2.45, 2.75) is 6.18 Å². The number of hydrogen-bond acceptors (Lipinski definition) is 3. The fourth-order valence-electron chi connectivity index (χ4n) is 1.39. The summed E-state index contributed by atoms with van der Waals surface area (Å²) in [4.78, 5) is 12.0. The van der Waals surface area contributed by atoms with Gasteiger partial charge in [-0.3, -0.25) is 4.79 Å². The lowest BCUT2D eigenvalue weighted by Crippen LogP contribution is -2.16. The molecule has 2 rings (SSSR count). The second-order valence-electron chi connectivity index (χ2n) is 3.80. The average molecular weight is 298 g/mol. The molecule has 104 valence electrons. The molecule has 1 amide bonds. The second kappa shape index (κ2) is 5.87. The van der Waals surface area contributed by atoms with E-state index in [-0.39, 0.29) is 5.91 Å². The smallest absolute Gasteiger partial charge is 0.266 e. The number of carbonyl (C=O) groups excluding carboxylic acids is 1. The van der Waals surface area contributed by atoms with E-state index >= 15 is 0 Å². The molecule has 0 saturated carbocycles. The van der Waals surface area contributed by atoms with Crippen molar-refractivity contribution in [2.24, 2.45) is 5.10 Å². The van der Waals surface area contributed by atoms with Crippen LogP contribution in [0.25, 0.3) is 0 Å². The first-order chi connectivity index (χ1) is 9.47. The quantitative estimate of drug-likeness (QED) is 0.683. The summed E-state index contributed by atoms with van der Waals surface area (Å²) in [6.45, 7) is 0. The molecule has 0 radical (unpaired) electrons. The van der Waals surface area contributed by atoms with E-state index in [0.29, 0.717) is 10.4 Å². The summed E-state index contributed by atoms with van der Waals surface area (Å²) >= 11 is 1.27. The fourth-order valence-corrected chi connectivity index (χ4v) is 2.00. The Morgan fingerprint density at radius 3 is 2.45 bits per heavy atom. The van der Waals surface area contributed by atoms with Crippen LogP contribution in [-0.2, 0) is 6.18 Å². The molecule has 2 aromatic rings. The lowest BCUT2D eigenvalue weighted by molar-refractivity contribution is -0.137. The number of alkyl halides is 3. The first kappa shape index (κ1) is 14.3. The lowest BCUT2D eigenvalue weighted by atomic mass is 10.1. The Hall–Kier alpha value is -2.15. The molecule has 1 heterocycles. The van der Waals surface area contributed by atoms with Gasteiger partial charge >= 0.3 is 6.18 Å². The van der Waals surface area contributed by atoms with Crippen molar-refractivity contribution >= 4 is 23.5 Å². The van der Waals surface area contributed by atoms with Gasteiger partial charge in [0.25, 0.3) is 5.91 Å². The molecule has 20 heavy (non-hydrogen) atoms. The van der Waals surface area contributed by atoms with Crippen molar-refractivity contribution in [3.8, 4) is 0 Å². The molecule has 1 aromatic carbocycles. The number of benzene rings is 1. The number of carbonyl (C=O) groups is 1. The predicted molar refractivity (Wildman–Crippen MR) is 70.8 cm³/mol. The number of rotatable bonds is 3. The van der Waals surface area contributed by atoms with Gasteiger partial charge in [-0.15, -0.1) is 11.3 Å². The molecular weight excluding hydrogens is 289 g/mol. The highest BCUT2D eigenvalue weighted by atomic mass is 32.1. The van der Waals surface area contributed by atoms with Crippen molar-refractivity contribution in [3.63, 3.8) is 0 Å². The van der Waals surface area contributed by atoms with E-state index in [1.807, 2.05) is 0 Å². The molecule has 7 heteroatoms. The summed E-state index contributed by atoms with van der Waals surface area (Å²) in [7, 11) is 0. The van der Waals surface area contributed by atoms with Gasteiger partial charge in [-0.2, -0.15) is 18.3 Å². The van der Waals surface area contributed by atoms with Crippen LogP contribution in [0.4, 0.5) is 13.2 Å². The number of hydrazone groups is 1. The number of hydrogen-bond donors (Lipinski definition) is 1. The number of amides is 1. The molecule has 0 aliphatic rings. The Morgan fingerprint density at radius 1 is 1.20 bits per heavy atom. The Kier molecular flexibility index (Phi) is 4.19. The summed E-state index contributed by atoms with van der Waals surface area (Å²) in [5, 5.41) is 5.45. The standard InChI is InChI=1S/C13H9F3N2OS/c14-13(15,16)10-5-3-9(4-6-10)8-17-18-12(19)11-2-1-7-20-11/h1-8H,(H,18,19)/b17-8+. The Labute approximate surface area is 116 Å². The molecule has 0 saturated heterocycles. The van der Waals surface area contributed by atoms with Gasteiger partial charge in [0.2, 0.25) is 0 Å². The van der Waals surface area contributed by atoms with Crippen LogP contribution in [0.1, 0.15) is 20.8 Å². The molecule has 0 fully saturated rings. The number of thiophene rings is 1. The third-order valence-electron chi connectivity index (χ3n) is 2.36. The van der Waals surface area contributed by atoms with Gasteiger partial charge in [0.05, 0.1) is 16.7 Å². The van der Waals surface area contributed by atoms with Crippen LogP contribution in [0.2, 0.25) is 0 Å². The lowest BCUT2D eigenvalue weighted by Gasteiger charge is -2.05. The van der Waals surface area contributed by atoms with E-state index in [1.54, 1.807) is 17.5 Å².